The van der Waals surface area contributed by atoms with E-state index in [-0.39, 0.29) is 0 Å². The first-order valence-corrected chi connectivity index (χ1v) is 5.96. The van der Waals surface area contributed by atoms with Crippen LogP contribution < -0.4 is 5.32 Å². The van der Waals surface area contributed by atoms with E-state index in [1.165, 1.54) is 5.56 Å². The van der Waals surface area contributed by atoms with Crippen molar-refractivity contribution in [1.29, 1.82) is 0 Å². The number of benzene rings is 1. The molecule has 1 unspecified atom stereocenters. The fourth-order valence-electron chi connectivity index (χ4n) is 1.24. The Hall–Kier alpha value is -0.180. The van der Waals surface area contributed by atoms with Gasteiger partial charge in [-0.2, -0.15) is 11.8 Å². The SMILES string of the molecule is CNC(CSC)c1cccc(Cl)c1. The molecule has 13 heavy (non-hydrogen) atoms. The lowest BCUT2D eigenvalue weighted by molar-refractivity contribution is 0.662. The van der Waals surface area contributed by atoms with E-state index in [1.807, 2.05) is 37.0 Å². The second-order valence-corrected chi connectivity index (χ2v) is 4.20. The molecule has 0 bridgehead atoms. The van der Waals surface area contributed by atoms with E-state index in [0.717, 1.165) is 10.8 Å². The Labute approximate surface area is 88.9 Å². The van der Waals surface area contributed by atoms with Crippen LogP contribution in [0.3, 0.4) is 0 Å². The maximum absolute atomic E-state index is 5.91. The first-order chi connectivity index (χ1) is 6.27. The van der Waals surface area contributed by atoms with Crippen molar-refractivity contribution in [1.82, 2.24) is 5.32 Å². The lowest BCUT2D eigenvalue weighted by atomic mass is 10.1. The van der Waals surface area contributed by atoms with Gasteiger partial charge in [-0.05, 0) is 31.0 Å². The quantitative estimate of drug-likeness (QED) is 0.829. The summed E-state index contributed by atoms with van der Waals surface area (Å²) >= 11 is 7.74. The van der Waals surface area contributed by atoms with Gasteiger partial charge in [-0.25, -0.2) is 0 Å². The fraction of sp³-hybridized carbons (Fsp3) is 0.400. The first-order valence-electron chi connectivity index (χ1n) is 4.19. The van der Waals surface area contributed by atoms with E-state index in [9.17, 15) is 0 Å². The summed E-state index contributed by atoms with van der Waals surface area (Å²) in [5.41, 5.74) is 1.25. The van der Waals surface area contributed by atoms with Gasteiger partial charge in [0.1, 0.15) is 0 Å². The standard InChI is InChI=1S/C10H14ClNS/c1-12-10(7-13-2)8-4-3-5-9(11)6-8/h3-6,10,12H,7H2,1-2H3. The molecule has 0 aromatic heterocycles. The van der Waals surface area contributed by atoms with E-state index in [4.69, 9.17) is 11.6 Å². The van der Waals surface area contributed by atoms with Gasteiger partial charge in [-0.15, -0.1) is 0 Å². The number of hydrogen-bond acceptors (Lipinski definition) is 2. The molecule has 0 amide bonds. The Bertz CT molecular complexity index is 265. The zero-order valence-electron chi connectivity index (χ0n) is 7.88. The van der Waals surface area contributed by atoms with E-state index in [0.29, 0.717) is 6.04 Å². The van der Waals surface area contributed by atoms with Crippen LogP contribution in [-0.4, -0.2) is 19.1 Å². The molecule has 0 heterocycles. The van der Waals surface area contributed by atoms with Gasteiger partial charge in [0.25, 0.3) is 0 Å². The molecule has 0 saturated carbocycles. The number of thioether (sulfide) groups is 1. The Morgan fingerprint density at radius 1 is 1.54 bits per heavy atom. The summed E-state index contributed by atoms with van der Waals surface area (Å²) < 4.78 is 0. The molecule has 0 spiro atoms. The van der Waals surface area contributed by atoms with E-state index >= 15 is 0 Å². The van der Waals surface area contributed by atoms with Crippen LogP contribution in [-0.2, 0) is 0 Å². The number of nitrogens with one attached hydrogen (secondary N) is 1. The highest BCUT2D eigenvalue weighted by molar-refractivity contribution is 7.98. The van der Waals surface area contributed by atoms with Crippen molar-refractivity contribution in [2.75, 3.05) is 19.1 Å². The molecule has 0 saturated heterocycles. The number of rotatable bonds is 4. The lowest BCUT2D eigenvalue weighted by Gasteiger charge is -2.15. The third-order valence-corrected chi connectivity index (χ3v) is 2.83. The average molecular weight is 216 g/mol. The zero-order valence-corrected chi connectivity index (χ0v) is 9.45. The van der Waals surface area contributed by atoms with Gasteiger partial charge in [0.15, 0.2) is 0 Å². The van der Waals surface area contributed by atoms with Crippen molar-refractivity contribution < 1.29 is 0 Å². The summed E-state index contributed by atoms with van der Waals surface area (Å²) in [7, 11) is 1.97. The minimum atomic E-state index is 0.397. The smallest absolute Gasteiger partial charge is 0.0409 e. The van der Waals surface area contributed by atoms with Gasteiger partial charge in [0.2, 0.25) is 0 Å². The van der Waals surface area contributed by atoms with Crippen LogP contribution in [0.1, 0.15) is 11.6 Å². The third-order valence-electron chi connectivity index (χ3n) is 1.93. The van der Waals surface area contributed by atoms with Crippen molar-refractivity contribution in [3.05, 3.63) is 34.9 Å². The number of hydrogen-bond donors (Lipinski definition) is 1. The molecule has 0 radical (unpaired) electrons. The van der Waals surface area contributed by atoms with Gasteiger partial charge in [-0.3, -0.25) is 0 Å². The minimum absolute atomic E-state index is 0.397. The molecule has 1 aromatic rings. The maximum atomic E-state index is 5.91. The lowest BCUT2D eigenvalue weighted by Crippen LogP contribution is -2.18. The molecule has 1 atom stereocenters. The van der Waals surface area contributed by atoms with Crippen LogP contribution in [0.15, 0.2) is 24.3 Å². The monoisotopic (exact) mass is 215 g/mol. The Balaban J connectivity index is 2.78. The summed E-state index contributed by atoms with van der Waals surface area (Å²) in [5.74, 6) is 1.07. The summed E-state index contributed by atoms with van der Waals surface area (Å²) in [4.78, 5) is 0. The highest BCUT2D eigenvalue weighted by Gasteiger charge is 2.07. The summed E-state index contributed by atoms with van der Waals surface area (Å²) in [5, 5.41) is 4.07. The summed E-state index contributed by atoms with van der Waals surface area (Å²) in [6.07, 6.45) is 2.11. The molecule has 0 aliphatic rings. The molecule has 0 aliphatic heterocycles. The normalized spacial score (nSPS) is 12.8. The van der Waals surface area contributed by atoms with E-state index in [2.05, 4.69) is 17.6 Å². The molecule has 3 heteroatoms. The van der Waals surface area contributed by atoms with E-state index in [1.54, 1.807) is 0 Å². The molecular formula is C10H14ClNS. The van der Waals surface area contributed by atoms with Crippen LogP contribution in [0.2, 0.25) is 5.02 Å². The highest BCUT2D eigenvalue weighted by atomic mass is 35.5. The second kappa shape index (κ2) is 5.53. The Kier molecular flexibility index (Phi) is 4.64. The fourth-order valence-corrected chi connectivity index (χ4v) is 2.13. The van der Waals surface area contributed by atoms with Gasteiger partial charge >= 0.3 is 0 Å². The Morgan fingerprint density at radius 2 is 2.31 bits per heavy atom. The van der Waals surface area contributed by atoms with Crippen molar-refractivity contribution in [3.63, 3.8) is 0 Å². The molecule has 72 valence electrons. The molecule has 1 nitrogen and oxygen atoms in total. The second-order valence-electron chi connectivity index (χ2n) is 2.85. The molecular weight excluding hydrogens is 202 g/mol. The zero-order chi connectivity index (χ0) is 9.68. The summed E-state index contributed by atoms with van der Waals surface area (Å²) in [6.45, 7) is 0. The van der Waals surface area contributed by atoms with Crippen molar-refractivity contribution >= 4 is 23.4 Å². The van der Waals surface area contributed by atoms with Gasteiger partial charge in [0.05, 0.1) is 0 Å². The molecule has 0 fully saturated rings. The van der Waals surface area contributed by atoms with Gasteiger partial charge in [0, 0.05) is 16.8 Å². The highest BCUT2D eigenvalue weighted by Crippen LogP contribution is 2.19. The topological polar surface area (TPSA) is 12.0 Å². The molecule has 0 aliphatic carbocycles. The van der Waals surface area contributed by atoms with E-state index < -0.39 is 0 Å². The van der Waals surface area contributed by atoms with Crippen LogP contribution in [0, 0.1) is 0 Å². The van der Waals surface area contributed by atoms with Gasteiger partial charge in [-0.1, -0.05) is 23.7 Å². The molecule has 1 N–H and O–H groups in total. The largest absolute Gasteiger partial charge is 0.312 e. The Morgan fingerprint density at radius 3 is 2.85 bits per heavy atom. The average Bonchev–Trinajstić information content (AvgIpc) is 2.14. The van der Waals surface area contributed by atoms with Crippen molar-refractivity contribution in [2.45, 2.75) is 6.04 Å². The third kappa shape index (κ3) is 3.22. The maximum Gasteiger partial charge on any atom is 0.0409 e. The van der Waals surface area contributed by atoms with Crippen molar-refractivity contribution in [3.8, 4) is 0 Å². The molecule has 1 rings (SSSR count). The minimum Gasteiger partial charge on any atom is -0.312 e. The van der Waals surface area contributed by atoms with Crippen LogP contribution in [0.25, 0.3) is 0 Å². The first kappa shape index (κ1) is 10.9. The van der Waals surface area contributed by atoms with Crippen LogP contribution >= 0.6 is 23.4 Å². The van der Waals surface area contributed by atoms with Crippen LogP contribution in [0.5, 0.6) is 0 Å². The summed E-state index contributed by atoms with van der Waals surface area (Å²) in [6, 6.07) is 8.40. The van der Waals surface area contributed by atoms with Gasteiger partial charge < -0.3 is 5.32 Å². The van der Waals surface area contributed by atoms with Crippen LogP contribution in [0.4, 0.5) is 0 Å². The predicted octanol–water partition coefficient (Wildman–Crippen LogP) is 2.96. The molecule has 1 aromatic carbocycles. The predicted molar refractivity (Wildman–Crippen MR) is 61.6 cm³/mol. The number of halogens is 1. The van der Waals surface area contributed by atoms with Crippen molar-refractivity contribution in [2.24, 2.45) is 0 Å².